The average Bonchev–Trinajstić information content (AvgIpc) is 3.07. The Hall–Kier alpha value is -4.26. The van der Waals surface area contributed by atoms with Gasteiger partial charge in [-0.2, -0.15) is 5.26 Å². The van der Waals surface area contributed by atoms with E-state index in [-0.39, 0.29) is 23.2 Å². The molecule has 1 aromatic heterocycles. The fourth-order valence-electron chi connectivity index (χ4n) is 5.44. The molecule has 5 rings (SSSR count). The van der Waals surface area contributed by atoms with Crippen LogP contribution in [0.25, 0.3) is 22.8 Å². The molecule has 2 aromatic carbocycles. The summed E-state index contributed by atoms with van der Waals surface area (Å²) in [5, 5.41) is 18.9. The van der Waals surface area contributed by atoms with Crippen LogP contribution in [0.3, 0.4) is 0 Å². The molecule has 0 aliphatic carbocycles. The molecule has 0 atom stereocenters. The monoisotopic (exact) mass is 599 g/mol. The molecule has 0 unspecified atom stereocenters. The van der Waals surface area contributed by atoms with Crippen molar-refractivity contribution in [3.05, 3.63) is 76.4 Å². The van der Waals surface area contributed by atoms with Crippen molar-refractivity contribution < 1.29 is 18.7 Å². The molecule has 0 bridgehead atoms. The van der Waals surface area contributed by atoms with E-state index in [1.165, 1.54) is 38.4 Å². The smallest absolute Gasteiger partial charge is 0.251 e. The van der Waals surface area contributed by atoms with E-state index in [4.69, 9.17) is 9.47 Å². The van der Waals surface area contributed by atoms with Crippen LogP contribution in [0.2, 0.25) is 0 Å². The van der Waals surface area contributed by atoms with Gasteiger partial charge in [-0.1, -0.05) is 12.5 Å². The van der Waals surface area contributed by atoms with E-state index in [1.807, 2.05) is 32.1 Å². The molecule has 3 aromatic rings. The molecule has 9 heteroatoms. The maximum atomic E-state index is 15.3. The van der Waals surface area contributed by atoms with Crippen molar-refractivity contribution in [2.75, 3.05) is 45.8 Å². The van der Waals surface area contributed by atoms with Crippen LogP contribution >= 0.6 is 0 Å². The average molecular weight is 600 g/mol. The number of nitrogens with zero attached hydrogens (tertiary/aromatic N) is 2. The number of pyridine rings is 1. The number of methoxy groups -OCH3 is 1. The minimum absolute atomic E-state index is 0.0704. The van der Waals surface area contributed by atoms with Crippen LogP contribution in [-0.2, 0) is 4.74 Å². The third kappa shape index (κ3) is 8.22. The number of anilines is 1. The highest BCUT2D eigenvalue weighted by Gasteiger charge is 2.20. The van der Waals surface area contributed by atoms with Crippen LogP contribution in [0.5, 0.6) is 5.75 Å². The molecular weight excluding hydrogens is 557 g/mol. The van der Waals surface area contributed by atoms with Crippen LogP contribution in [0.1, 0.15) is 71.8 Å². The number of piperidine rings is 1. The third-order valence-corrected chi connectivity index (χ3v) is 8.01. The number of benzene rings is 2. The van der Waals surface area contributed by atoms with Crippen LogP contribution in [0, 0.1) is 24.1 Å². The lowest BCUT2D eigenvalue weighted by molar-refractivity contribution is 0.0903. The molecule has 3 N–H and O–H groups in total. The van der Waals surface area contributed by atoms with Crippen molar-refractivity contribution in [3.8, 4) is 22.9 Å². The quantitative estimate of drug-likeness (QED) is 0.291. The molecule has 2 aliphatic rings. The summed E-state index contributed by atoms with van der Waals surface area (Å²) in [6.07, 6.45) is 9.35. The summed E-state index contributed by atoms with van der Waals surface area (Å²) in [6.45, 7) is 7.60. The van der Waals surface area contributed by atoms with Crippen molar-refractivity contribution in [2.24, 2.45) is 0 Å². The van der Waals surface area contributed by atoms with E-state index in [9.17, 15) is 10.1 Å². The maximum absolute atomic E-state index is 15.3. The van der Waals surface area contributed by atoms with Gasteiger partial charge in [-0.05, 0) is 111 Å². The summed E-state index contributed by atoms with van der Waals surface area (Å²) < 4.78 is 26.2. The fraction of sp³-hybridized carbons (Fsp3) is 0.400. The number of nitrogens with one attached hydrogen (secondary N) is 3. The number of aromatic nitrogens is 1. The van der Waals surface area contributed by atoms with Crippen molar-refractivity contribution in [1.82, 2.24) is 15.6 Å². The standard InChI is InChI=1S/C30H31FN4O3.C5H11N/c1-18(24-6-5-20(30(36)33-3)16-28(24)37-4)13-27-19(2)25(7-10-34-27)21-14-22(17-32)29(26(31)15-21)35-23-8-11-38-12-9-23;1-2-4-6-5-3-1/h5-7,10,13-16,23,35H,8-9,11-12H2,1-4H3,(H,33,36);6H,1-5H2/b18-13+;. The number of hydrogen-bond donors (Lipinski definition) is 3. The van der Waals surface area contributed by atoms with Gasteiger partial charge < -0.3 is 25.4 Å². The van der Waals surface area contributed by atoms with Crippen LogP contribution in [0.15, 0.2) is 42.6 Å². The van der Waals surface area contributed by atoms with Crippen molar-refractivity contribution >= 4 is 23.2 Å². The lowest BCUT2D eigenvalue weighted by Gasteiger charge is -2.25. The number of halogens is 1. The Bertz CT molecular complexity index is 1510. The second-order valence-corrected chi connectivity index (χ2v) is 11.0. The Morgan fingerprint density at radius 2 is 1.91 bits per heavy atom. The first kappa shape index (κ1) is 32.6. The molecule has 3 heterocycles. The minimum atomic E-state index is -0.462. The Labute approximate surface area is 259 Å². The highest BCUT2D eigenvalue weighted by atomic mass is 19.1. The Morgan fingerprint density at radius 1 is 1.16 bits per heavy atom. The Morgan fingerprint density at radius 3 is 2.52 bits per heavy atom. The first-order chi connectivity index (χ1) is 21.4. The summed E-state index contributed by atoms with van der Waals surface area (Å²) in [6, 6.07) is 12.5. The maximum Gasteiger partial charge on any atom is 0.251 e. The zero-order valence-corrected chi connectivity index (χ0v) is 26.1. The highest BCUT2D eigenvalue weighted by Crippen LogP contribution is 2.34. The van der Waals surface area contributed by atoms with Gasteiger partial charge in [0, 0.05) is 43.6 Å². The molecule has 1 amide bonds. The lowest BCUT2D eigenvalue weighted by Crippen LogP contribution is -2.28. The van der Waals surface area contributed by atoms with Gasteiger partial charge in [-0.3, -0.25) is 9.78 Å². The second-order valence-electron chi connectivity index (χ2n) is 11.0. The van der Waals surface area contributed by atoms with Gasteiger partial charge in [-0.15, -0.1) is 0 Å². The number of rotatable bonds is 7. The van der Waals surface area contributed by atoms with Gasteiger partial charge >= 0.3 is 0 Å². The van der Waals surface area contributed by atoms with Gasteiger partial charge in [0.05, 0.1) is 24.1 Å². The van der Waals surface area contributed by atoms with Crippen LogP contribution < -0.4 is 20.7 Å². The molecule has 0 radical (unpaired) electrons. The number of amides is 1. The number of hydrogen-bond acceptors (Lipinski definition) is 7. The number of nitriles is 1. The van der Waals surface area contributed by atoms with Crippen molar-refractivity contribution in [3.63, 3.8) is 0 Å². The minimum Gasteiger partial charge on any atom is -0.496 e. The van der Waals surface area contributed by atoms with E-state index in [0.717, 1.165) is 35.1 Å². The summed E-state index contributed by atoms with van der Waals surface area (Å²) >= 11 is 0. The van der Waals surface area contributed by atoms with E-state index in [0.29, 0.717) is 35.8 Å². The largest absolute Gasteiger partial charge is 0.496 e. The molecule has 232 valence electrons. The molecule has 2 aliphatic heterocycles. The van der Waals surface area contributed by atoms with Gasteiger partial charge in [0.15, 0.2) is 0 Å². The molecule has 0 spiro atoms. The number of allylic oxidation sites excluding steroid dienone is 1. The Kier molecular flexibility index (Phi) is 11.9. The predicted molar refractivity (Wildman–Crippen MR) is 173 cm³/mol. The summed E-state index contributed by atoms with van der Waals surface area (Å²) in [5.74, 6) is -0.0855. The fourth-order valence-corrected chi connectivity index (χ4v) is 5.44. The van der Waals surface area contributed by atoms with Gasteiger partial charge in [0.25, 0.3) is 5.91 Å². The van der Waals surface area contributed by atoms with Crippen LogP contribution in [-0.4, -0.2) is 57.4 Å². The first-order valence-electron chi connectivity index (χ1n) is 15.2. The first-order valence-corrected chi connectivity index (χ1v) is 15.2. The Balaban J connectivity index is 0.000000657. The molecule has 0 saturated carbocycles. The predicted octanol–water partition coefficient (Wildman–Crippen LogP) is 6.35. The van der Waals surface area contributed by atoms with E-state index in [1.54, 1.807) is 38.6 Å². The zero-order chi connectivity index (χ0) is 31.5. The van der Waals surface area contributed by atoms with Crippen LogP contribution in [0.4, 0.5) is 10.1 Å². The SMILES string of the molecule is C1CCNCC1.CNC(=O)c1ccc(/C(C)=C/c2nccc(-c3cc(F)c(NC4CCOCC4)c(C#N)c3)c2C)c(OC)c1. The molecule has 8 nitrogen and oxygen atoms in total. The number of carbonyl (C=O) groups excluding carboxylic acids is 1. The summed E-state index contributed by atoms with van der Waals surface area (Å²) in [5.41, 5.74) is 5.66. The lowest BCUT2D eigenvalue weighted by atomic mass is 9.95. The zero-order valence-electron chi connectivity index (χ0n) is 26.1. The van der Waals surface area contributed by atoms with E-state index < -0.39 is 5.82 Å². The van der Waals surface area contributed by atoms with Crippen molar-refractivity contribution in [1.29, 1.82) is 5.26 Å². The molecule has 2 fully saturated rings. The van der Waals surface area contributed by atoms with Gasteiger partial charge in [0.1, 0.15) is 17.6 Å². The highest BCUT2D eigenvalue weighted by molar-refractivity contribution is 5.95. The van der Waals surface area contributed by atoms with E-state index in [2.05, 4.69) is 27.0 Å². The van der Waals surface area contributed by atoms with Crippen molar-refractivity contribution in [2.45, 2.75) is 52.0 Å². The molecule has 2 saturated heterocycles. The molecule has 44 heavy (non-hydrogen) atoms. The van der Waals surface area contributed by atoms with Gasteiger partial charge in [-0.25, -0.2) is 4.39 Å². The van der Waals surface area contributed by atoms with Gasteiger partial charge in [0.2, 0.25) is 0 Å². The summed E-state index contributed by atoms with van der Waals surface area (Å²) in [7, 11) is 3.14. The molecular formula is C35H42FN5O3. The number of ether oxygens (including phenoxy) is 2. The normalized spacial score (nSPS) is 15.4. The number of carbonyl (C=O) groups is 1. The summed E-state index contributed by atoms with van der Waals surface area (Å²) in [4.78, 5) is 16.6. The topological polar surface area (TPSA) is 108 Å². The van der Waals surface area contributed by atoms with E-state index >= 15 is 4.39 Å². The second kappa shape index (κ2) is 16.0. The third-order valence-electron chi connectivity index (χ3n) is 8.01.